The lowest BCUT2D eigenvalue weighted by Crippen LogP contribution is -3.09. The Hall–Kier alpha value is -2.22. The van der Waals surface area contributed by atoms with E-state index in [0.717, 1.165) is 29.3 Å². The summed E-state index contributed by atoms with van der Waals surface area (Å²) in [7, 11) is 0. The molecule has 132 valence electrons. The molecule has 2 atom stereocenters. The fourth-order valence-electron chi connectivity index (χ4n) is 3.86. The molecule has 1 saturated heterocycles. The van der Waals surface area contributed by atoms with Gasteiger partial charge in [-0.1, -0.05) is 6.07 Å². The minimum atomic E-state index is -0.0797. The molecule has 0 amide bonds. The van der Waals surface area contributed by atoms with Crippen LogP contribution in [-0.4, -0.2) is 16.5 Å². The van der Waals surface area contributed by atoms with Crippen LogP contribution in [0.15, 0.2) is 50.5 Å². The van der Waals surface area contributed by atoms with Gasteiger partial charge in [0.15, 0.2) is 5.82 Å². The SMILES string of the molecule is O=c1[nH]c(C[NH+]2CCC[C@H]2c2cccs2)nc2scc(-c3ccco3)c12. The summed E-state index contributed by atoms with van der Waals surface area (Å²) in [5, 5.41) is 4.71. The molecular formula is C19H18N3O2S2+. The lowest BCUT2D eigenvalue weighted by molar-refractivity contribution is -0.932. The van der Waals surface area contributed by atoms with Crippen LogP contribution < -0.4 is 10.5 Å². The topological polar surface area (TPSA) is 63.3 Å². The second-order valence-electron chi connectivity index (χ2n) is 6.61. The van der Waals surface area contributed by atoms with E-state index in [2.05, 4.69) is 22.5 Å². The lowest BCUT2D eigenvalue weighted by atomic mass is 10.2. The summed E-state index contributed by atoms with van der Waals surface area (Å²) < 4.78 is 5.46. The number of fused-ring (bicyclic) bond motifs is 1. The lowest BCUT2D eigenvalue weighted by Gasteiger charge is -2.19. The molecule has 0 aliphatic carbocycles. The van der Waals surface area contributed by atoms with E-state index in [-0.39, 0.29) is 5.56 Å². The molecule has 4 aromatic heterocycles. The number of aromatic amines is 1. The highest BCUT2D eigenvalue weighted by molar-refractivity contribution is 7.17. The number of hydrogen-bond donors (Lipinski definition) is 2. The summed E-state index contributed by atoms with van der Waals surface area (Å²) in [4.78, 5) is 24.2. The second kappa shape index (κ2) is 6.50. The summed E-state index contributed by atoms with van der Waals surface area (Å²) in [6, 6.07) is 8.54. The van der Waals surface area contributed by atoms with Crippen molar-refractivity contribution in [2.45, 2.75) is 25.4 Å². The molecule has 0 saturated carbocycles. The van der Waals surface area contributed by atoms with Crippen molar-refractivity contribution in [3.63, 3.8) is 0 Å². The van der Waals surface area contributed by atoms with Gasteiger partial charge in [0.1, 0.15) is 23.2 Å². The van der Waals surface area contributed by atoms with Gasteiger partial charge < -0.3 is 14.3 Å². The van der Waals surface area contributed by atoms with Crippen molar-refractivity contribution in [1.82, 2.24) is 9.97 Å². The van der Waals surface area contributed by atoms with Gasteiger partial charge in [0.25, 0.3) is 5.56 Å². The first-order valence-electron chi connectivity index (χ1n) is 8.72. The first-order chi connectivity index (χ1) is 12.8. The Bertz CT molecular complexity index is 1080. The summed E-state index contributed by atoms with van der Waals surface area (Å²) in [6.45, 7) is 1.87. The molecule has 5 rings (SSSR count). The van der Waals surface area contributed by atoms with E-state index in [0.29, 0.717) is 17.2 Å². The second-order valence-corrected chi connectivity index (χ2v) is 8.45. The first kappa shape index (κ1) is 16.0. The van der Waals surface area contributed by atoms with Gasteiger partial charge in [-0.05, 0) is 23.6 Å². The van der Waals surface area contributed by atoms with Crippen molar-refractivity contribution in [3.05, 3.63) is 62.3 Å². The zero-order valence-corrected chi connectivity index (χ0v) is 15.7. The van der Waals surface area contributed by atoms with E-state index in [1.54, 1.807) is 6.26 Å². The quantitative estimate of drug-likeness (QED) is 0.568. The van der Waals surface area contributed by atoms with Crippen molar-refractivity contribution in [3.8, 4) is 11.3 Å². The Balaban J connectivity index is 1.48. The molecule has 0 spiro atoms. The molecule has 5 nitrogen and oxygen atoms in total. The molecule has 7 heteroatoms. The number of hydrogen-bond acceptors (Lipinski definition) is 5. The van der Waals surface area contributed by atoms with E-state index < -0.39 is 0 Å². The number of nitrogens with one attached hydrogen (secondary N) is 2. The fraction of sp³-hybridized carbons (Fsp3) is 0.263. The molecule has 26 heavy (non-hydrogen) atoms. The largest absolute Gasteiger partial charge is 0.464 e. The predicted molar refractivity (Wildman–Crippen MR) is 104 cm³/mol. The standard InChI is InChI=1S/C19H17N3O2S2/c23-18-17-12(14-5-2-8-24-14)11-26-19(17)21-16(20-18)10-22-7-1-4-13(22)15-6-3-9-25-15/h2-3,5-6,8-9,11,13H,1,4,7,10H2,(H,20,21,23)/p+1/t13-/m0/s1. The third kappa shape index (κ3) is 2.72. The Morgan fingerprint density at radius 1 is 1.31 bits per heavy atom. The van der Waals surface area contributed by atoms with Gasteiger partial charge in [-0.25, -0.2) is 4.98 Å². The molecule has 1 aliphatic heterocycles. The van der Waals surface area contributed by atoms with Gasteiger partial charge in [-0.3, -0.25) is 4.79 Å². The van der Waals surface area contributed by atoms with Crippen LogP contribution in [0.1, 0.15) is 29.6 Å². The normalized spacial score (nSPS) is 20.2. The van der Waals surface area contributed by atoms with Crippen LogP contribution >= 0.6 is 22.7 Å². The molecule has 0 bridgehead atoms. The minimum absolute atomic E-state index is 0.0797. The molecule has 4 aromatic rings. The summed E-state index contributed by atoms with van der Waals surface area (Å²) in [5.74, 6) is 1.48. The van der Waals surface area contributed by atoms with Gasteiger partial charge in [0.2, 0.25) is 0 Å². The number of likely N-dealkylation sites (tertiary alicyclic amines) is 1. The highest BCUT2D eigenvalue weighted by Crippen LogP contribution is 2.31. The van der Waals surface area contributed by atoms with Crippen LogP contribution in [0.2, 0.25) is 0 Å². The van der Waals surface area contributed by atoms with E-state index in [1.807, 2.05) is 28.8 Å². The van der Waals surface area contributed by atoms with Crippen LogP contribution in [0.5, 0.6) is 0 Å². The van der Waals surface area contributed by atoms with Gasteiger partial charge >= 0.3 is 0 Å². The Kier molecular flexibility index (Phi) is 4.00. The van der Waals surface area contributed by atoms with E-state index >= 15 is 0 Å². The van der Waals surface area contributed by atoms with Gasteiger partial charge in [-0.2, -0.15) is 0 Å². The van der Waals surface area contributed by atoms with Gasteiger partial charge in [-0.15, -0.1) is 22.7 Å². The molecule has 0 aromatic carbocycles. The number of rotatable bonds is 4. The maximum Gasteiger partial charge on any atom is 0.260 e. The van der Waals surface area contributed by atoms with Crippen molar-refractivity contribution in [1.29, 1.82) is 0 Å². The molecule has 1 unspecified atom stereocenters. The van der Waals surface area contributed by atoms with Crippen LogP contribution in [0.3, 0.4) is 0 Å². The smallest absolute Gasteiger partial charge is 0.260 e. The minimum Gasteiger partial charge on any atom is -0.464 e. The number of quaternary nitrogens is 1. The molecule has 1 aliphatic rings. The Morgan fingerprint density at radius 3 is 3.08 bits per heavy atom. The van der Waals surface area contributed by atoms with E-state index in [1.165, 1.54) is 34.0 Å². The molecule has 1 fully saturated rings. The van der Waals surface area contributed by atoms with Crippen LogP contribution in [0, 0.1) is 0 Å². The number of H-pyrrole nitrogens is 1. The summed E-state index contributed by atoms with van der Waals surface area (Å²) >= 11 is 3.32. The number of nitrogens with zero attached hydrogens (tertiary/aromatic N) is 1. The van der Waals surface area contributed by atoms with Crippen LogP contribution in [0.25, 0.3) is 21.5 Å². The Labute approximate surface area is 157 Å². The number of aromatic nitrogens is 2. The average Bonchev–Trinajstić information content (AvgIpc) is 3.41. The summed E-state index contributed by atoms with van der Waals surface area (Å²) in [6.07, 6.45) is 4.03. The third-order valence-corrected chi connectivity index (χ3v) is 6.90. The van der Waals surface area contributed by atoms with Gasteiger partial charge in [0, 0.05) is 23.8 Å². The predicted octanol–water partition coefficient (Wildman–Crippen LogP) is 3.23. The monoisotopic (exact) mass is 384 g/mol. The molecule has 2 N–H and O–H groups in total. The number of furan rings is 1. The molecular weight excluding hydrogens is 366 g/mol. The highest BCUT2D eigenvalue weighted by atomic mass is 32.1. The van der Waals surface area contributed by atoms with Crippen LogP contribution in [-0.2, 0) is 6.54 Å². The van der Waals surface area contributed by atoms with Crippen molar-refractivity contribution in [2.24, 2.45) is 0 Å². The first-order valence-corrected chi connectivity index (χ1v) is 10.5. The Morgan fingerprint density at radius 2 is 2.27 bits per heavy atom. The fourth-order valence-corrected chi connectivity index (χ4v) is 5.73. The van der Waals surface area contributed by atoms with E-state index in [4.69, 9.17) is 9.40 Å². The zero-order chi connectivity index (χ0) is 17.5. The maximum atomic E-state index is 12.7. The highest BCUT2D eigenvalue weighted by Gasteiger charge is 2.31. The summed E-state index contributed by atoms with van der Waals surface area (Å²) in [5.41, 5.74) is 0.740. The van der Waals surface area contributed by atoms with Crippen LogP contribution in [0.4, 0.5) is 0 Å². The third-order valence-electron chi connectivity index (χ3n) is 5.04. The van der Waals surface area contributed by atoms with Crippen molar-refractivity contribution in [2.75, 3.05) is 6.54 Å². The van der Waals surface area contributed by atoms with Crippen molar-refractivity contribution >= 4 is 32.9 Å². The van der Waals surface area contributed by atoms with Gasteiger partial charge in [0.05, 0.1) is 23.1 Å². The zero-order valence-electron chi connectivity index (χ0n) is 14.0. The molecule has 5 heterocycles. The average molecular weight is 385 g/mol. The number of thiophene rings is 2. The molecule has 0 radical (unpaired) electrons. The van der Waals surface area contributed by atoms with Crippen molar-refractivity contribution < 1.29 is 9.32 Å². The van der Waals surface area contributed by atoms with E-state index in [9.17, 15) is 4.79 Å². The maximum absolute atomic E-state index is 12.7.